The summed E-state index contributed by atoms with van der Waals surface area (Å²) in [5, 5.41) is 3.41. The van der Waals surface area contributed by atoms with Gasteiger partial charge in [0.1, 0.15) is 0 Å². The minimum absolute atomic E-state index is 0.0373. The smallest absolute Gasteiger partial charge is 0.172 e. The van der Waals surface area contributed by atoms with Crippen LogP contribution < -0.4 is 5.32 Å². The third-order valence-corrected chi connectivity index (χ3v) is 2.32. The first-order chi connectivity index (χ1) is 5.47. The van der Waals surface area contributed by atoms with Crippen LogP contribution in [0.25, 0.3) is 0 Å². The van der Waals surface area contributed by atoms with Gasteiger partial charge < -0.3 is 14.8 Å². The topological polar surface area (TPSA) is 30.5 Å². The first-order valence-corrected chi connectivity index (χ1v) is 4.43. The number of hydrogen-bond donors (Lipinski definition) is 1. The van der Waals surface area contributed by atoms with Gasteiger partial charge in [-0.3, -0.25) is 0 Å². The van der Waals surface area contributed by atoms with Crippen molar-refractivity contribution in [2.75, 3.05) is 19.8 Å². The zero-order valence-electron chi connectivity index (χ0n) is 6.71. The van der Waals surface area contributed by atoms with Gasteiger partial charge in [0, 0.05) is 0 Å². The fourth-order valence-corrected chi connectivity index (χ4v) is 1.72. The van der Waals surface area contributed by atoms with E-state index in [4.69, 9.17) is 9.47 Å². The van der Waals surface area contributed by atoms with E-state index >= 15 is 0 Å². The number of hydrogen-bond acceptors (Lipinski definition) is 3. The van der Waals surface area contributed by atoms with Gasteiger partial charge in [-0.25, -0.2) is 0 Å². The van der Waals surface area contributed by atoms with E-state index in [0.717, 1.165) is 19.8 Å². The molecule has 2 aliphatic rings. The van der Waals surface area contributed by atoms with Crippen LogP contribution in [0.2, 0.25) is 0 Å². The highest BCUT2D eigenvalue weighted by molar-refractivity contribution is 4.76. The minimum atomic E-state index is 0.0373. The van der Waals surface area contributed by atoms with E-state index in [1.165, 1.54) is 19.3 Å². The Morgan fingerprint density at radius 2 is 1.91 bits per heavy atom. The quantitative estimate of drug-likeness (QED) is 0.601. The van der Waals surface area contributed by atoms with Gasteiger partial charge in [0.25, 0.3) is 0 Å². The second-order valence-electron chi connectivity index (χ2n) is 3.17. The maximum Gasteiger partial charge on any atom is 0.172 e. The molecule has 3 heteroatoms. The predicted molar refractivity (Wildman–Crippen MR) is 41.3 cm³/mol. The van der Waals surface area contributed by atoms with Crippen LogP contribution in [0, 0.1) is 0 Å². The number of nitrogens with one attached hydrogen (secondary N) is 1. The summed E-state index contributed by atoms with van der Waals surface area (Å²) in [4.78, 5) is 0. The highest BCUT2D eigenvalue weighted by Crippen LogP contribution is 2.16. The highest BCUT2D eigenvalue weighted by Gasteiger charge is 2.27. The van der Waals surface area contributed by atoms with Crippen molar-refractivity contribution in [2.45, 2.75) is 31.6 Å². The van der Waals surface area contributed by atoms with Crippen LogP contribution in [-0.2, 0) is 9.47 Å². The molecular formula is C8H15NO2. The Morgan fingerprint density at radius 3 is 2.55 bits per heavy atom. The van der Waals surface area contributed by atoms with E-state index in [1.54, 1.807) is 0 Å². The molecule has 0 amide bonds. The van der Waals surface area contributed by atoms with Gasteiger partial charge in [-0.15, -0.1) is 0 Å². The molecule has 11 heavy (non-hydrogen) atoms. The third-order valence-electron chi connectivity index (χ3n) is 2.32. The van der Waals surface area contributed by atoms with Crippen molar-refractivity contribution in [3.8, 4) is 0 Å². The largest absolute Gasteiger partial charge is 0.349 e. The van der Waals surface area contributed by atoms with Crippen LogP contribution in [0.4, 0.5) is 0 Å². The Morgan fingerprint density at radius 1 is 1.09 bits per heavy atom. The summed E-state index contributed by atoms with van der Waals surface area (Å²) in [5.41, 5.74) is 0. The highest BCUT2D eigenvalue weighted by atomic mass is 16.7. The second kappa shape index (κ2) is 3.52. The van der Waals surface area contributed by atoms with Crippen molar-refractivity contribution in [1.82, 2.24) is 5.32 Å². The van der Waals surface area contributed by atoms with Crippen LogP contribution in [0.3, 0.4) is 0 Å². The maximum atomic E-state index is 5.41. The lowest BCUT2D eigenvalue weighted by atomic mass is 10.0. The molecule has 1 atom stereocenters. The maximum absolute atomic E-state index is 5.41. The molecular weight excluding hydrogens is 142 g/mol. The van der Waals surface area contributed by atoms with E-state index in [1.807, 2.05) is 0 Å². The van der Waals surface area contributed by atoms with E-state index in [2.05, 4.69) is 5.32 Å². The Bertz CT molecular complexity index is 117. The van der Waals surface area contributed by atoms with Crippen LogP contribution in [-0.4, -0.2) is 32.1 Å². The monoisotopic (exact) mass is 157 g/mol. The molecule has 2 saturated heterocycles. The van der Waals surface area contributed by atoms with Crippen molar-refractivity contribution in [3.05, 3.63) is 0 Å². The van der Waals surface area contributed by atoms with Gasteiger partial charge in [-0.1, -0.05) is 6.42 Å². The van der Waals surface area contributed by atoms with Gasteiger partial charge in [0.05, 0.1) is 19.3 Å². The summed E-state index contributed by atoms with van der Waals surface area (Å²) < 4.78 is 10.8. The SMILES string of the molecule is C1CCC(C2OCCO2)NC1. The second-order valence-corrected chi connectivity index (χ2v) is 3.17. The first kappa shape index (κ1) is 7.53. The lowest BCUT2D eigenvalue weighted by molar-refractivity contribution is -0.0723. The van der Waals surface area contributed by atoms with Gasteiger partial charge >= 0.3 is 0 Å². The zero-order valence-corrected chi connectivity index (χ0v) is 6.71. The number of piperidine rings is 1. The molecule has 64 valence electrons. The molecule has 0 bridgehead atoms. The lowest BCUT2D eigenvalue weighted by Crippen LogP contribution is -2.43. The summed E-state index contributed by atoms with van der Waals surface area (Å²) >= 11 is 0. The molecule has 0 aromatic heterocycles. The Balaban J connectivity index is 1.82. The molecule has 2 heterocycles. The van der Waals surface area contributed by atoms with Crippen molar-refractivity contribution in [3.63, 3.8) is 0 Å². The Hall–Kier alpha value is -0.120. The molecule has 2 rings (SSSR count). The summed E-state index contributed by atoms with van der Waals surface area (Å²) in [5.74, 6) is 0. The van der Waals surface area contributed by atoms with Crippen molar-refractivity contribution >= 4 is 0 Å². The molecule has 0 aliphatic carbocycles. The van der Waals surface area contributed by atoms with Gasteiger partial charge in [0.2, 0.25) is 0 Å². The molecule has 0 aromatic rings. The molecule has 0 aromatic carbocycles. The van der Waals surface area contributed by atoms with Crippen molar-refractivity contribution in [2.24, 2.45) is 0 Å². The summed E-state index contributed by atoms with van der Waals surface area (Å²) in [6.45, 7) is 2.65. The normalized spacial score (nSPS) is 34.4. The van der Waals surface area contributed by atoms with E-state index in [-0.39, 0.29) is 6.29 Å². The molecule has 2 aliphatic heterocycles. The van der Waals surface area contributed by atoms with Crippen LogP contribution in [0.5, 0.6) is 0 Å². The van der Waals surface area contributed by atoms with Gasteiger partial charge in [-0.05, 0) is 19.4 Å². The predicted octanol–water partition coefficient (Wildman–Crippen LogP) is 0.501. The summed E-state index contributed by atoms with van der Waals surface area (Å²) in [6, 6.07) is 0.450. The standard InChI is InChI=1S/C8H15NO2/c1-2-4-9-7(3-1)8-10-5-6-11-8/h7-9H,1-6H2. The zero-order chi connectivity index (χ0) is 7.52. The van der Waals surface area contributed by atoms with Gasteiger partial charge in [0.15, 0.2) is 6.29 Å². The van der Waals surface area contributed by atoms with Crippen molar-refractivity contribution < 1.29 is 9.47 Å². The number of ether oxygens (including phenoxy) is 2. The minimum Gasteiger partial charge on any atom is -0.349 e. The summed E-state index contributed by atoms with van der Waals surface area (Å²) in [6.07, 6.45) is 3.84. The molecule has 0 radical (unpaired) electrons. The number of rotatable bonds is 1. The fourth-order valence-electron chi connectivity index (χ4n) is 1.72. The third kappa shape index (κ3) is 1.72. The fraction of sp³-hybridized carbons (Fsp3) is 1.00. The lowest BCUT2D eigenvalue weighted by Gasteiger charge is -2.27. The van der Waals surface area contributed by atoms with Crippen LogP contribution >= 0.6 is 0 Å². The van der Waals surface area contributed by atoms with Crippen LogP contribution in [0.1, 0.15) is 19.3 Å². The van der Waals surface area contributed by atoms with E-state index < -0.39 is 0 Å². The Labute approximate surface area is 67.1 Å². The first-order valence-electron chi connectivity index (χ1n) is 4.43. The van der Waals surface area contributed by atoms with E-state index in [0.29, 0.717) is 6.04 Å². The molecule has 1 N–H and O–H groups in total. The molecule has 3 nitrogen and oxygen atoms in total. The average Bonchev–Trinajstić information content (AvgIpc) is 2.58. The van der Waals surface area contributed by atoms with Crippen LogP contribution in [0.15, 0.2) is 0 Å². The summed E-state index contributed by atoms with van der Waals surface area (Å²) in [7, 11) is 0. The Kier molecular flexibility index (Phi) is 2.41. The molecule has 0 spiro atoms. The molecule has 1 unspecified atom stereocenters. The average molecular weight is 157 g/mol. The van der Waals surface area contributed by atoms with E-state index in [9.17, 15) is 0 Å². The van der Waals surface area contributed by atoms with Crippen molar-refractivity contribution in [1.29, 1.82) is 0 Å². The molecule has 2 fully saturated rings. The van der Waals surface area contributed by atoms with Gasteiger partial charge in [-0.2, -0.15) is 0 Å². The molecule has 0 saturated carbocycles.